The molecule has 6 heteroatoms. The Bertz CT molecular complexity index is 728. The fourth-order valence-corrected chi connectivity index (χ4v) is 5.51. The normalized spacial score (nSPS) is 33.3. The third kappa shape index (κ3) is 1.86. The standard InChI is InChI=1S/C18H18O5S/c1-17(16(21)23-3)13(15(20)22-2)12-9-10-24-18(12,17)14(19)11-7-5-4-6-8-11/h4-10,12-13H,1-3H3/t12-,13+,17+,18+/m0/s1. The highest BCUT2D eigenvalue weighted by molar-refractivity contribution is 8.04. The number of methoxy groups -OCH3 is 2. The summed E-state index contributed by atoms with van der Waals surface area (Å²) in [5.41, 5.74) is -0.780. The summed E-state index contributed by atoms with van der Waals surface area (Å²) in [5.74, 6) is -2.39. The zero-order valence-corrected chi connectivity index (χ0v) is 14.5. The van der Waals surface area contributed by atoms with Gasteiger partial charge in [-0.05, 0) is 12.3 Å². The van der Waals surface area contributed by atoms with E-state index >= 15 is 0 Å². The molecule has 1 saturated carbocycles. The van der Waals surface area contributed by atoms with Crippen LogP contribution in [0.3, 0.4) is 0 Å². The molecule has 3 rings (SSSR count). The van der Waals surface area contributed by atoms with Gasteiger partial charge in [-0.1, -0.05) is 36.4 Å². The van der Waals surface area contributed by atoms with Crippen molar-refractivity contribution in [2.75, 3.05) is 14.2 Å². The van der Waals surface area contributed by atoms with Crippen LogP contribution in [-0.2, 0) is 19.1 Å². The Morgan fingerprint density at radius 2 is 1.75 bits per heavy atom. The second-order valence-electron chi connectivity index (χ2n) is 6.10. The van der Waals surface area contributed by atoms with Crippen LogP contribution in [0.15, 0.2) is 41.8 Å². The molecule has 0 N–H and O–H groups in total. The van der Waals surface area contributed by atoms with Crippen molar-refractivity contribution < 1.29 is 23.9 Å². The van der Waals surface area contributed by atoms with E-state index in [9.17, 15) is 14.4 Å². The Hall–Kier alpha value is -2.08. The molecule has 0 amide bonds. The van der Waals surface area contributed by atoms with Crippen LogP contribution >= 0.6 is 11.8 Å². The van der Waals surface area contributed by atoms with E-state index in [1.165, 1.54) is 26.0 Å². The van der Waals surface area contributed by atoms with E-state index in [2.05, 4.69) is 0 Å². The van der Waals surface area contributed by atoms with Crippen LogP contribution in [0, 0.1) is 17.3 Å². The number of carbonyl (C=O) groups is 3. The van der Waals surface area contributed by atoms with Gasteiger partial charge >= 0.3 is 11.9 Å². The number of esters is 2. The average Bonchev–Trinajstić information content (AvgIpc) is 3.01. The van der Waals surface area contributed by atoms with Crippen molar-refractivity contribution >= 4 is 29.5 Å². The zero-order valence-electron chi connectivity index (χ0n) is 13.6. The molecule has 0 spiro atoms. The summed E-state index contributed by atoms with van der Waals surface area (Å²) >= 11 is 1.29. The first-order valence-electron chi connectivity index (χ1n) is 7.55. The first kappa shape index (κ1) is 16.8. The second-order valence-corrected chi connectivity index (χ2v) is 7.25. The molecule has 1 heterocycles. The molecule has 1 aromatic carbocycles. The number of hydrogen-bond acceptors (Lipinski definition) is 6. The molecule has 126 valence electrons. The van der Waals surface area contributed by atoms with E-state index < -0.39 is 33.9 Å². The van der Waals surface area contributed by atoms with Crippen LogP contribution in [0.5, 0.6) is 0 Å². The number of thioether (sulfide) groups is 1. The van der Waals surface area contributed by atoms with Crippen molar-refractivity contribution in [3.8, 4) is 0 Å². The number of carbonyl (C=O) groups excluding carboxylic acids is 3. The second kappa shape index (κ2) is 5.77. The quantitative estimate of drug-likeness (QED) is 0.616. The van der Waals surface area contributed by atoms with E-state index in [1.54, 1.807) is 36.6 Å². The number of ether oxygens (including phenoxy) is 2. The molecule has 0 saturated heterocycles. The summed E-state index contributed by atoms with van der Waals surface area (Å²) in [4.78, 5) is 38.2. The van der Waals surface area contributed by atoms with Gasteiger partial charge in [-0.25, -0.2) is 0 Å². The van der Waals surface area contributed by atoms with Crippen molar-refractivity contribution in [1.82, 2.24) is 0 Å². The van der Waals surface area contributed by atoms with E-state index in [-0.39, 0.29) is 5.78 Å². The fourth-order valence-electron chi connectivity index (χ4n) is 4.00. The number of fused-ring (bicyclic) bond motifs is 1. The maximum atomic E-state index is 13.3. The Labute approximate surface area is 144 Å². The van der Waals surface area contributed by atoms with Crippen LogP contribution in [0.25, 0.3) is 0 Å². The fraction of sp³-hybridized carbons (Fsp3) is 0.389. The van der Waals surface area contributed by atoms with Crippen LogP contribution in [0.1, 0.15) is 17.3 Å². The van der Waals surface area contributed by atoms with Gasteiger partial charge in [0.15, 0.2) is 5.78 Å². The molecule has 0 aromatic heterocycles. The summed E-state index contributed by atoms with van der Waals surface area (Å²) in [5, 5.41) is 1.79. The molecule has 0 unspecified atom stereocenters. The summed E-state index contributed by atoms with van der Waals surface area (Å²) in [7, 11) is 2.55. The molecular weight excluding hydrogens is 328 g/mol. The molecule has 1 aliphatic carbocycles. The Kier molecular flexibility index (Phi) is 4.03. The first-order valence-corrected chi connectivity index (χ1v) is 8.43. The molecule has 1 aromatic rings. The first-order chi connectivity index (χ1) is 11.4. The molecule has 1 aliphatic heterocycles. The average molecular weight is 346 g/mol. The molecular formula is C18H18O5S. The van der Waals surface area contributed by atoms with Gasteiger partial charge in [0.2, 0.25) is 0 Å². The van der Waals surface area contributed by atoms with Crippen molar-refractivity contribution in [2.24, 2.45) is 17.3 Å². The maximum absolute atomic E-state index is 13.3. The third-order valence-corrected chi connectivity index (χ3v) is 6.75. The topological polar surface area (TPSA) is 69.7 Å². The Morgan fingerprint density at radius 3 is 2.33 bits per heavy atom. The Balaban J connectivity index is 2.13. The Morgan fingerprint density at radius 1 is 1.08 bits per heavy atom. The highest BCUT2D eigenvalue weighted by atomic mass is 32.2. The third-order valence-electron chi connectivity index (χ3n) is 5.20. The maximum Gasteiger partial charge on any atom is 0.314 e. The number of ketones is 1. The SMILES string of the molecule is COC(=O)[C@H]1[C@@H]2C=CS[C@]2(C(=O)c2ccccc2)[C@@]1(C)C(=O)OC. The van der Waals surface area contributed by atoms with Crippen LogP contribution in [-0.4, -0.2) is 36.7 Å². The number of hydrogen-bond donors (Lipinski definition) is 0. The minimum atomic E-state index is -1.29. The number of benzene rings is 1. The van der Waals surface area contributed by atoms with Gasteiger partial charge in [-0.3, -0.25) is 14.4 Å². The van der Waals surface area contributed by atoms with Gasteiger partial charge in [-0.15, -0.1) is 11.8 Å². The largest absolute Gasteiger partial charge is 0.469 e. The van der Waals surface area contributed by atoms with Crippen LogP contribution in [0.2, 0.25) is 0 Å². The van der Waals surface area contributed by atoms with E-state index in [0.29, 0.717) is 5.56 Å². The minimum Gasteiger partial charge on any atom is -0.469 e. The number of allylic oxidation sites excluding steroid dienone is 1. The molecule has 2 aliphatic rings. The number of rotatable bonds is 4. The lowest BCUT2D eigenvalue weighted by atomic mass is 9.45. The van der Waals surface area contributed by atoms with Gasteiger partial charge in [0.1, 0.15) is 10.2 Å². The lowest BCUT2D eigenvalue weighted by Crippen LogP contribution is -2.74. The van der Waals surface area contributed by atoms with E-state index in [0.717, 1.165) is 0 Å². The van der Waals surface area contributed by atoms with Crippen LogP contribution < -0.4 is 0 Å². The van der Waals surface area contributed by atoms with Crippen molar-refractivity contribution in [1.29, 1.82) is 0 Å². The highest BCUT2D eigenvalue weighted by Gasteiger charge is 2.80. The van der Waals surface area contributed by atoms with Crippen molar-refractivity contribution in [3.05, 3.63) is 47.4 Å². The van der Waals surface area contributed by atoms with Gasteiger partial charge in [0.25, 0.3) is 0 Å². The zero-order chi connectivity index (χ0) is 17.5. The minimum absolute atomic E-state index is 0.170. The number of Topliss-reactive ketones (excluding diaryl/α,β-unsaturated/α-hetero) is 1. The van der Waals surface area contributed by atoms with E-state index in [1.807, 2.05) is 12.1 Å². The van der Waals surface area contributed by atoms with E-state index in [4.69, 9.17) is 9.47 Å². The molecule has 1 fully saturated rings. The summed E-state index contributed by atoms with van der Waals surface area (Å²) < 4.78 is 8.76. The monoisotopic (exact) mass is 346 g/mol. The van der Waals surface area contributed by atoms with Gasteiger partial charge in [0, 0.05) is 11.5 Å². The molecule has 24 heavy (non-hydrogen) atoms. The van der Waals surface area contributed by atoms with Gasteiger partial charge < -0.3 is 9.47 Å². The van der Waals surface area contributed by atoms with Crippen molar-refractivity contribution in [2.45, 2.75) is 11.7 Å². The van der Waals surface area contributed by atoms with Crippen LogP contribution in [0.4, 0.5) is 0 Å². The molecule has 0 bridgehead atoms. The lowest BCUT2D eigenvalue weighted by molar-refractivity contribution is -0.184. The van der Waals surface area contributed by atoms with Gasteiger partial charge in [-0.2, -0.15) is 0 Å². The smallest absolute Gasteiger partial charge is 0.314 e. The van der Waals surface area contributed by atoms with Gasteiger partial charge in [0.05, 0.1) is 20.1 Å². The predicted octanol–water partition coefficient (Wildman–Crippen LogP) is 2.47. The van der Waals surface area contributed by atoms with Crippen molar-refractivity contribution in [3.63, 3.8) is 0 Å². The predicted molar refractivity (Wildman–Crippen MR) is 89.4 cm³/mol. The molecule has 4 atom stereocenters. The lowest BCUT2D eigenvalue weighted by Gasteiger charge is -2.60. The molecule has 0 radical (unpaired) electrons. The molecule has 5 nitrogen and oxygen atoms in total. The summed E-state index contributed by atoms with van der Waals surface area (Å²) in [6, 6.07) is 8.81. The summed E-state index contributed by atoms with van der Waals surface area (Å²) in [6.07, 6.45) is 1.82. The summed E-state index contributed by atoms with van der Waals surface area (Å²) in [6.45, 7) is 1.62. The highest BCUT2D eigenvalue weighted by Crippen LogP contribution is 2.70.